The monoisotopic (exact) mass is 340 g/mol. The average molecular weight is 340 g/mol. The quantitative estimate of drug-likeness (QED) is 0.769. The van der Waals surface area contributed by atoms with Crippen molar-refractivity contribution in [3.8, 4) is 0 Å². The van der Waals surface area contributed by atoms with Crippen molar-refractivity contribution in [3.63, 3.8) is 0 Å². The van der Waals surface area contributed by atoms with Gasteiger partial charge in [0.15, 0.2) is 5.76 Å². The van der Waals surface area contributed by atoms with Crippen LogP contribution in [0.25, 0.3) is 11.0 Å². The molecule has 1 aromatic carbocycles. The van der Waals surface area contributed by atoms with Crippen LogP contribution in [0, 0.1) is 19.8 Å². The predicted octanol–water partition coefficient (Wildman–Crippen LogP) is 3.70. The molecule has 0 aliphatic carbocycles. The summed E-state index contributed by atoms with van der Waals surface area (Å²) in [6, 6.07) is 5.71. The Labute approximate surface area is 147 Å². The molecule has 0 saturated heterocycles. The molecule has 132 valence electrons. The van der Waals surface area contributed by atoms with Crippen molar-refractivity contribution >= 4 is 16.9 Å². The second kappa shape index (κ2) is 6.70. The van der Waals surface area contributed by atoms with Crippen LogP contribution < -0.4 is 5.32 Å². The maximum Gasteiger partial charge on any atom is 0.287 e. The molecule has 2 heterocycles. The number of nitrogens with zero attached hydrogens (tertiary/aromatic N) is 3. The third kappa shape index (κ3) is 3.43. The van der Waals surface area contributed by atoms with Crippen molar-refractivity contribution in [1.29, 1.82) is 0 Å². The summed E-state index contributed by atoms with van der Waals surface area (Å²) in [5, 5.41) is 8.16. The molecule has 1 atom stereocenters. The molecular formula is C19H24N4O2. The van der Waals surface area contributed by atoms with Crippen LogP contribution in [-0.4, -0.2) is 20.7 Å². The van der Waals surface area contributed by atoms with Crippen molar-refractivity contribution in [2.75, 3.05) is 0 Å². The highest BCUT2D eigenvalue weighted by Crippen LogP contribution is 2.27. The molecule has 0 radical (unpaired) electrons. The standard InChI is InChI=1S/C19H24N4O2/c1-11(2)8-15(18-20-10-21-23(18)5)22-19(24)17-13(4)14-9-12(3)6-7-16(14)25-17/h6-7,9-11,15H,8H2,1-5H3,(H,22,24)/t15-/m1/s1. The molecule has 1 amide bonds. The van der Waals surface area contributed by atoms with Gasteiger partial charge in [0.05, 0.1) is 6.04 Å². The van der Waals surface area contributed by atoms with Gasteiger partial charge in [-0.3, -0.25) is 9.48 Å². The van der Waals surface area contributed by atoms with Gasteiger partial charge in [0, 0.05) is 18.0 Å². The number of nitrogens with one attached hydrogen (secondary N) is 1. The number of hydrogen-bond donors (Lipinski definition) is 1. The van der Waals surface area contributed by atoms with E-state index < -0.39 is 0 Å². The van der Waals surface area contributed by atoms with Gasteiger partial charge in [0.25, 0.3) is 5.91 Å². The number of aryl methyl sites for hydroxylation is 3. The molecule has 3 aromatic rings. The second-order valence-corrected chi connectivity index (χ2v) is 6.95. The molecule has 0 bridgehead atoms. The van der Waals surface area contributed by atoms with Gasteiger partial charge < -0.3 is 9.73 Å². The van der Waals surface area contributed by atoms with Crippen LogP contribution in [0.1, 0.15) is 53.8 Å². The first-order valence-electron chi connectivity index (χ1n) is 8.51. The summed E-state index contributed by atoms with van der Waals surface area (Å²) >= 11 is 0. The van der Waals surface area contributed by atoms with Crippen molar-refractivity contribution in [2.45, 2.75) is 40.2 Å². The van der Waals surface area contributed by atoms with E-state index in [0.29, 0.717) is 11.7 Å². The molecule has 0 fully saturated rings. The van der Waals surface area contributed by atoms with Gasteiger partial charge in [-0.05, 0) is 38.3 Å². The molecule has 6 heteroatoms. The van der Waals surface area contributed by atoms with E-state index in [1.54, 1.807) is 4.68 Å². The lowest BCUT2D eigenvalue weighted by atomic mass is 10.0. The van der Waals surface area contributed by atoms with Gasteiger partial charge in [-0.15, -0.1) is 0 Å². The summed E-state index contributed by atoms with van der Waals surface area (Å²) in [5.74, 6) is 1.28. The topological polar surface area (TPSA) is 73.0 Å². The van der Waals surface area contributed by atoms with Crippen LogP contribution in [-0.2, 0) is 7.05 Å². The van der Waals surface area contributed by atoms with Crippen LogP contribution in [0.5, 0.6) is 0 Å². The van der Waals surface area contributed by atoms with Gasteiger partial charge in [0.1, 0.15) is 17.7 Å². The van der Waals surface area contributed by atoms with E-state index in [1.165, 1.54) is 6.33 Å². The molecule has 3 rings (SSSR count). The Morgan fingerprint density at radius 1 is 1.32 bits per heavy atom. The van der Waals surface area contributed by atoms with E-state index in [1.807, 2.05) is 39.1 Å². The van der Waals surface area contributed by atoms with Crippen molar-refractivity contribution < 1.29 is 9.21 Å². The zero-order valence-corrected chi connectivity index (χ0v) is 15.3. The molecule has 0 aliphatic rings. The third-order valence-electron chi connectivity index (χ3n) is 4.37. The Morgan fingerprint density at radius 2 is 2.08 bits per heavy atom. The molecule has 25 heavy (non-hydrogen) atoms. The van der Waals surface area contributed by atoms with Crippen LogP contribution in [0.15, 0.2) is 28.9 Å². The Kier molecular flexibility index (Phi) is 4.61. The molecule has 6 nitrogen and oxygen atoms in total. The number of carbonyl (C=O) groups excluding carboxylic acids is 1. The van der Waals surface area contributed by atoms with E-state index in [-0.39, 0.29) is 11.9 Å². The van der Waals surface area contributed by atoms with E-state index in [4.69, 9.17) is 4.42 Å². The fourth-order valence-electron chi connectivity index (χ4n) is 3.10. The van der Waals surface area contributed by atoms with Crippen LogP contribution in [0.2, 0.25) is 0 Å². The number of aromatic nitrogens is 3. The van der Waals surface area contributed by atoms with E-state index in [2.05, 4.69) is 29.2 Å². The number of furan rings is 1. The second-order valence-electron chi connectivity index (χ2n) is 6.95. The van der Waals surface area contributed by atoms with Crippen molar-refractivity contribution in [3.05, 3.63) is 47.2 Å². The van der Waals surface area contributed by atoms with E-state index in [0.717, 1.165) is 34.3 Å². The fourth-order valence-corrected chi connectivity index (χ4v) is 3.10. The maximum absolute atomic E-state index is 12.9. The molecule has 1 N–H and O–H groups in total. The summed E-state index contributed by atoms with van der Waals surface area (Å²) in [6.07, 6.45) is 2.28. The van der Waals surface area contributed by atoms with Gasteiger partial charge in [0.2, 0.25) is 0 Å². The highest BCUT2D eigenvalue weighted by atomic mass is 16.3. The number of hydrogen-bond acceptors (Lipinski definition) is 4. The van der Waals surface area contributed by atoms with Gasteiger partial charge in [-0.2, -0.15) is 5.10 Å². The van der Waals surface area contributed by atoms with E-state index in [9.17, 15) is 4.79 Å². The number of rotatable bonds is 5. The van der Waals surface area contributed by atoms with Crippen LogP contribution in [0.3, 0.4) is 0 Å². The third-order valence-corrected chi connectivity index (χ3v) is 4.37. The number of benzene rings is 1. The predicted molar refractivity (Wildman–Crippen MR) is 96.4 cm³/mol. The molecule has 0 unspecified atom stereocenters. The first-order chi connectivity index (χ1) is 11.9. The first-order valence-corrected chi connectivity index (χ1v) is 8.51. The highest BCUT2D eigenvalue weighted by molar-refractivity contribution is 5.99. The largest absolute Gasteiger partial charge is 0.451 e. The molecular weight excluding hydrogens is 316 g/mol. The van der Waals surface area contributed by atoms with Gasteiger partial charge in [-0.1, -0.05) is 25.5 Å². The summed E-state index contributed by atoms with van der Waals surface area (Å²) in [5.41, 5.74) is 2.73. The van der Waals surface area contributed by atoms with Crippen molar-refractivity contribution in [1.82, 2.24) is 20.1 Å². The smallest absolute Gasteiger partial charge is 0.287 e. The van der Waals surface area contributed by atoms with Crippen LogP contribution in [0.4, 0.5) is 0 Å². The summed E-state index contributed by atoms with van der Waals surface area (Å²) < 4.78 is 7.51. The zero-order chi connectivity index (χ0) is 18.1. The SMILES string of the molecule is Cc1ccc2oc(C(=O)N[C@H](CC(C)C)c3ncnn3C)c(C)c2c1. The molecule has 0 aliphatic heterocycles. The van der Waals surface area contributed by atoms with Gasteiger partial charge in [-0.25, -0.2) is 4.98 Å². The normalized spacial score (nSPS) is 12.7. The minimum Gasteiger partial charge on any atom is -0.451 e. The van der Waals surface area contributed by atoms with E-state index >= 15 is 0 Å². The Hall–Kier alpha value is -2.63. The lowest BCUT2D eigenvalue weighted by molar-refractivity contribution is 0.0902. The van der Waals surface area contributed by atoms with Crippen LogP contribution >= 0.6 is 0 Å². The molecule has 0 spiro atoms. The number of carbonyl (C=O) groups is 1. The number of fused-ring (bicyclic) bond motifs is 1. The Balaban J connectivity index is 1.91. The average Bonchev–Trinajstić information content (AvgIpc) is 3.10. The lowest BCUT2D eigenvalue weighted by Crippen LogP contribution is -2.31. The first kappa shape index (κ1) is 17.2. The minimum absolute atomic E-state index is 0.214. The summed E-state index contributed by atoms with van der Waals surface area (Å²) in [6.45, 7) is 8.17. The molecule has 2 aromatic heterocycles. The van der Waals surface area contributed by atoms with Gasteiger partial charge >= 0.3 is 0 Å². The fraction of sp³-hybridized carbons (Fsp3) is 0.421. The maximum atomic E-state index is 12.9. The highest BCUT2D eigenvalue weighted by Gasteiger charge is 2.24. The summed E-state index contributed by atoms with van der Waals surface area (Å²) in [4.78, 5) is 17.2. The zero-order valence-electron chi connectivity index (χ0n) is 15.3. The lowest BCUT2D eigenvalue weighted by Gasteiger charge is -2.19. The molecule has 0 saturated carbocycles. The van der Waals surface area contributed by atoms with Crippen molar-refractivity contribution in [2.24, 2.45) is 13.0 Å². The Morgan fingerprint density at radius 3 is 2.72 bits per heavy atom. The minimum atomic E-state index is -0.222. The number of amides is 1. The summed E-state index contributed by atoms with van der Waals surface area (Å²) in [7, 11) is 1.83. The Bertz CT molecular complexity index is 907.